The number of aromatic nitrogens is 1. The molecule has 0 spiro atoms. The Balaban J connectivity index is 2.14. The number of anilines is 1. The molecular formula is C10H10BrF3N2. The van der Waals surface area contributed by atoms with Gasteiger partial charge in [-0.05, 0) is 22.0 Å². The zero-order valence-corrected chi connectivity index (χ0v) is 9.98. The van der Waals surface area contributed by atoms with E-state index in [2.05, 4.69) is 20.9 Å². The van der Waals surface area contributed by atoms with Gasteiger partial charge in [-0.1, -0.05) is 0 Å². The van der Waals surface area contributed by atoms with Crippen molar-refractivity contribution in [2.45, 2.75) is 18.8 Å². The lowest BCUT2D eigenvalue weighted by Crippen LogP contribution is -2.40. The quantitative estimate of drug-likeness (QED) is 0.791. The van der Waals surface area contributed by atoms with Crippen LogP contribution in [0.15, 0.2) is 16.7 Å². The van der Waals surface area contributed by atoms with Crippen molar-refractivity contribution in [3.05, 3.63) is 22.6 Å². The van der Waals surface area contributed by atoms with Crippen molar-refractivity contribution in [2.24, 2.45) is 0 Å². The monoisotopic (exact) mass is 294 g/mol. The minimum absolute atomic E-state index is 0.137. The zero-order chi connectivity index (χ0) is 11.8. The van der Waals surface area contributed by atoms with Gasteiger partial charge in [0, 0.05) is 36.6 Å². The summed E-state index contributed by atoms with van der Waals surface area (Å²) in [7, 11) is 0. The third-order valence-electron chi connectivity index (χ3n) is 2.58. The maximum atomic E-state index is 13.5. The van der Waals surface area contributed by atoms with Gasteiger partial charge in [0.2, 0.25) is 0 Å². The maximum Gasteiger partial charge on any atom is 0.251 e. The molecule has 1 aromatic heterocycles. The second-order valence-corrected chi connectivity index (χ2v) is 4.72. The smallest absolute Gasteiger partial charge is 0.251 e. The predicted molar refractivity (Wildman–Crippen MR) is 58.3 cm³/mol. The summed E-state index contributed by atoms with van der Waals surface area (Å²) in [5.41, 5.74) is 0. The van der Waals surface area contributed by atoms with Gasteiger partial charge in [0.25, 0.3) is 5.92 Å². The van der Waals surface area contributed by atoms with Crippen molar-refractivity contribution >= 4 is 21.7 Å². The third kappa shape index (κ3) is 2.48. The van der Waals surface area contributed by atoms with E-state index in [0.29, 0.717) is 4.47 Å². The predicted octanol–water partition coefficient (Wildman–Crippen LogP) is 3.22. The normalized spacial score (nSPS) is 19.9. The van der Waals surface area contributed by atoms with Crippen molar-refractivity contribution in [1.82, 2.24) is 4.98 Å². The van der Waals surface area contributed by atoms with Crippen LogP contribution >= 0.6 is 15.9 Å². The van der Waals surface area contributed by atoms with Gasteiger partial charge >= 0.3 is 0 Å². The summed E-state index contributed by atoms with van der Waals surface area (Å²) in [5, 5.41) is 0. The number of hydrogen-bond acceptors (Lipinski definition) is 2. The Labute approximate surface area is 99.6 Å². The Hall–Kier alpha value is -0.780. The van der Waals surface area contributed by atoms with Crippen molar-refractivity contribution in [3.63, 3.8) is 0 Å². The van der Waals surface area contributed by atoms with E-state index < -0.39 is 11.7 Å². The molecule has 2 rings (SSSR count). The molecule has 1 aromatic rings. The molecule has 2 heterocycles. The van der Waals surface area contributed by atoms with Gasteiger partial charge in [0.05, 0.1) is 0 Å². The fraction of sp³-hybridized carbons (Fsp3) is 0.500. The van der Waals surface area contributed by atoms with Crippen LogP contribution in [0.25, 0.3) is 0 Å². The highest BCUT2D eigenvalue weighted by Gasteiger charge is 2.35. The Kier molecular flexibility index (Phi) is 3.10. The number of hydrogen-bond donors (Lipinski definition) is 0. The van der Waals surface area contributed by atoms with E-state index in [0.717, 1.165) is 0 Å². The molecule has 0 N–H and O–H groups in total. The molecule has 0 bridgehead atoms. The molecule has 1 aliphatic heterocycles. The van der Waals surface area contributed by atoms with E-state index in [1.165, 1.54) is 12.3 Å². The summed E-state index contributed by atoms with van der Waals surface area (Å²) in [6.07, 6.45) is 0.972. The summed E-state index contributed by atoms with van der Waals surface area (Å²) in [5.74, 6) is -2.96. The lowest BCUT2D eigenvalue weighted by atomic mass is 10.1. The van der Waals surface area contributed by atoms with Gasteiger partial charge in [0.1, 0.15) is 0 Å². The van der Waals surface area contributed by atoms with Gasteiger partial charge in [-0.3, -0.25) is 0 Å². The average molecular weight is 295 g/mol. The first-order valence-corrected chi connectivity index (χ1v) is 5.71. The summed E-state index contributed by atoms with van der Waals surface area (Å²) in [6, 6.07) is 1.29. The van der Waals surface area contributed by atoms with E-state index in [1.54, 1.807) is 4.90 Å². The SMILES string of the molecule is Fc1cc(Br)cnc1N1CCC(F)(F)CC1. The van der Waals surface area contributed by atoms with Gasteiger partial charge in [-0.25, -0.2) is 18.2 Å². The fourth-order valence-electron chi connectivity index (χ4n) is 1.69. The van der Waals surface area contributed by atoms with Gasteiger partial charge in [0.15, 0.2) is 11.6 Å². The number of nitrogens with zero attached hydrogens (tertiary/aromatic N) is 2. The van der Waals surface area contributed by atoms with Gasteiger partial charge in [-0.15, -0.1) is 0 Å². The highest BCUT2D eigenvalue weighted by Crippen LogP contribution is 2.31. The second-order valence-electron chi connectivity index (χ2n) is 3.80. The number of pyridine rings is 1. The van der Waals surface area contributed by atoms with Crippen molar-refractivity contribution < 1.29 is 13.2 Å². The molecule has 88 valence electrons. The largest absolute Gasteiger partial charge is 0.354 e. The molecule has 0 atom stereocenters. The molecule has 0 aromatic carbocycles. The van der Waals surface area contributed by atoms with Crippen molar-refractivity contribution in [3.8, 4) is 0 Å². The average Bonchev–Trinajstić information content (AvgIpc) is 2.19. The molecule has 0 aliphatic carbocycles. The van der Waals surface area contributed by atoms with Crippen LogP contribution in [0.5, 0.6) is 0 Å². The Morgan fingerprint density at radius 2 is 1.94 bits per heavy atom. The van der Waals surface area contributed by atoms with Crippen molar-refractivity contribution in [2.75, 3.05) is 18.0 Å². The van der Waals surface area contributed by atoms with Crippen LogP contribution in [0.3, 0.4) is 0 Å². The first-order valence-electron chi connectivity index (χ1n) is 4.92. The lowest BCUT2D eigenvalue weighted by Gasteiger charge is -2.32. The molecule has 16 heavy (non-hydrogen) atoms. The molecule has 0 amide bonds. The van der Waals surface area contributed by atoms with E-state index in [1.807, 2.05) is 0 Å². The third-order valence-corrected chi connectivity index (χ3v) is 3.02. The molecule has 2 nitrogen and oxygen atoms in total. The van der Waals surface area contributed by atoms with Crippen LogP contribution in [-0.4, -0.2) is 24.0 Å². The summed E-state index contributed by atoms with van der Waals surface area (Å²) >= 11 is 3.10. The standard InChI is InChI=1S/C10H10BrF3N2/c11-7-5-8(12)9(15-6-7)16-3-1-10(13,14)2-4-16/h5-6H,1-4H2. The van der Waals surface area contributed by atoms with Gasteiger partial charge < -0.3 is 4.90 Å². The van der Waals surface area contributed by atoms with E-state index in [4.69, 9.17) is 0 Å². The first-order chi connectivity index (χ1) is 7.48. The molecule has 6 heteroatoms. The number of alkyl halides is 2. The van der Waals surface area contributed by atoms with E-state index >= 15 is 0 Å². The molecular weight excluding hydrogens is 285 g/mol. The Bertz CT molecular complexity index is 388. The van der Waals surface area contributed by atoms with Crippen LogP contribution in [0.4, 0.5) is 19.0 Å². The summed E-state index contributed by atoms with van der Waals surface area (Å²) in [6.45, 7) is 0.275. The first kappa shape index (κ1) is 11.7. The maximum absolute atomic E-state index is 13.5. The number of piperidine rings is 1. The van der Waals surface area contributed by atoms with Crippen LogP contribution in [0.2, 0.25) is 0 Å². The van der Waals surface area contributed by atoms with Crippen molar-refractivity contribution in [1.29, 1.82) is 0 Å². The Morgan fingerprint density at radius 3 is 2.50 bits per heavy atom. The summed E-state index contributed by atoms with van der Waals surface area (Å²) in [4.78, 5) is 5.46. The lowest BCUT2D eigenvalue weighted by molar-refractivity contribution is -0.0222. The fourth-order valence-corrected chi connectivity index (χ4v) is 1.99. The highest BCUT2D eigenvalue weighted by molar-refractivity contribution is 9.10. The van der Waals surface area contributed by atoms with Crippen LogP contribution in [-0.2, 0) is 0 Å². The minimum atomic E-state index is -2.62. The van der Waals surface area contributed by atoms with E-state index in [-0.39, 0.29) is 31.7 Å². The van der Waals surface area contributed by atoms with Crippen LogP contribution < -0.4 is 4.90 Å². The molecule has 1 aliphatic rings. The number of halogens is 4. The Morgan fingerprint density at radius 1 is 1.31 bits per heavy atom. The summed E-state index contributed by atoms with van der Waals surface area (Å²) < 4.78 is 39.9. The molecule has 0 saturated carbocycles. The molecule has 1 saturated heterocycles. The minimum Gasteiger partial charge on any atom is -0.354 e. The molecule has 1 fully saturated rings. The number of rotatable bonds is 1. The molecule has 0 radical (unpaired) electrons. The second kappa shape index (κ2) is 4.24. The van der Waals surface area contributed by atoms with Crippen LogP contribution in [0, 0.1) is 5.82 Å². The highest BCUT2D eigenvalue weighted by atomic mass is 79.9. The van der Waals surface area contributed by atoms with Gasteiger partial charge in [-0.2, -0.15) is 0 Å². The molecule has 0 unspecified atom stereocenters. The van der Waals surface area contributed by atoms with Crippen LogP contribution in [0.1, 0.15) is 12.8 Å². The topological polar surface area (TPSA) is 16.1 Å². The van der Waals surface area contributed by atoms with E-state index in [9.17, 15) is 13.2 Å². The zero-order valence-electron chi connectivity index (χ0n) is 8.39.